The monoisotopic (exact) mass is 641 g/mol. The molecule has 8 nitrogen and oxygen atoms in total. The molecule has 47 heavy (non-hydrogen) atoms. The summed E-state index contributed by atoms with van der Waals surface area (Å²) < 4.78 is 0. The van der Waals surface area contributed by atoms with Gasteiger partial charge in [-0.15, -0.1) is 0 Å². The average Bonchev–Trinajstić information content (AvgIpc) is 3.53. The molecule has 0 bridgehead atoms. The SMILES string of the molecule is CC(=O)Nc1ccc(N2NC(c3ccccc3)=N[NH+]2c2ccccc2)cc1.CCCCCCCCCCCCCCCCCC(=O)[O-]. The number of nitrogens with one attached hydrogen (secondary N) is 3. The third-order valence-corrected chi connectivity index (χ3v) is 8.16. The Morgan fingerprint density at radius 2 is 1.19 bits per heavy atom. The molecule has 1 atom stereocenters. The van der Waals surface area contributed by atoms with Crippen LogP contribution in [0.25, 0.3) is 0 Å². The molecule has 0 radical (unpaired) electrons. The third-order valence-electron chi connectivity index (χ3n) is 8.16. The van der Waals surface area contributed by atoms with E-state index in [0.29, 0.717) is 0 Å². The van der Waals surface area contributed by atoms with Gasteiger partial charge in [-0.3, -0.25) is 4.79 Å². The second-order valence-electron chi connectivity index (χ2n) is 12.3. The zero-order chi connectivity index (χ0) is 33.5. The van der Waals surface area contributed by atoms with E-state index in [-0.39, 0.29) is 12.3 Å². The van der Waals surface area contributed by atoms with Gasteiger partial charge in [0.05, 0.1) is 0 Å². The van der Waals surface area contributed by atoms with Crippen molar-refractivity contribution in [1.82, 2.24) is 5.43 Å². The highest BCUT2D eigenvalue weighted by Crippen LogP contribution is 2.18. The standard InChI is InChI=1S/C21H19N5O.C18H36O2/c1-16(27)22-18-12-14-20(15-13-18)26-24-21(17-8-4-2-5-9-17)23-25(26)19-10-6-3-7-11-19;1-2-3-4-5-6-7-8-9-10-11-12-13-14-15-16-17-18(19)20/h2-15H,1H3,(H,22,27)(H,23,24);2-17H2,1H3,(H,19,20). The molecule has 1 heterocycles. The molecule has 254 valence electrons. The number of amides is 1. The molecule has 3 N–H and O–H groups in total. The van der Waals surface area contributed by atoms with Gasteiger partial charge in [0.2, 0.25) is 11.7 Å². The van der Waals surface area contributed by atoms with E-state index in [4.69, 9.17) is 5.10 Å². The molecule has 4 rings (SSSR count). The van der Waals surface area contributed by atoms with Crippen LogP contribution in [0.2, 0.25) is 0 Å². The molecule has 3 aromatic carbocycles. The number of carbonyl (C=O) groups excluding carboxylic acids is 2. The lowest BCUT2D eigenvalue weighted by atomic mass is 10.0. The number of unbranched alkanes of at least 4 members (excludes halogenated alkanes) is 14. The molecule has 1 aliphatic heterocycles. The van der Waals surface area contributed by atoms with Crippen molar-refractivity contribution in [2.75, 3.05) is 10.4 Å². The van der Waals surface area contributed by atoms with Gasteiger partial charge in [0.1, 0.15) is 5.69 Å². The Morgan fingerprint density at radius 3 is 1.68 bits per heavy atom. The van der Waals surface area contributed by atoms with Crippen molar-refractivity contribution in [3.63, 3.8) is 0 Å². The first-order valence-electron chi connectivity index (χ1n) is 17.7. The highest BCUT2D eigenvalue weighted by Gasteiger charge is 2.32. The van der Waals surface area contributed by atoms with Gasteiger partial charge in [0.25, 0.3) is 0 Å². The maximum atomic E-state index is 11.2. The number of quaternary nitrogens is 1. The van der Waals surface area contributed by atoms with Gasteiger partial charge in [-0.2, -0.15) is 0 Å². The van der Waals surface area contributed by atoms with Crippen LogP contribution in [0.5, 0.6) is 0 Å². The first-order chi connectivity index (χ1) is 23.0. The van der Waals surface area contributed by atoms with Gasteiger partial charge < -0.3 is 15.2 Å². The molecule has 8 heteroatoms. The molecule has 1 amide bonds. The van der Waals surface area contributed by atoms with Crippen LogP contribution in [0.15, 0.2) is 90.0 Å². The fourth-order valence-corrected chi connectivity index (χ4v) is 5.57. The van der Waals surface area contributed by atoms with Crippen LogP contribution in [-0.2, 0) is 9.59 Å². The number of carboxylic acids is 1. The summed E-state index contributed by atoms with van der Waals surface area (Å²) in [5, 5.41) is 20.6. The Kier molecular flexibility index (Phi) is 17.8. The topological polar surface area (TPSA) is 101 Å². The zero-order valence-electron chi connectivity index (χ0n) is 28.5. The highest BCUT2D eigenvalue weighted by molar-refractivity contribution is 5.99. The number of hydrogen-bond donors (Lipinski definition) is 3. The summed E-state index contributed by atoms with van der Waals surface area (Å²) in [5.41, 5.74) is 7.11. The van der Waals surface area contributed by atoms with Gasteiger partial charge >= 0.3 is 0 Å². The number of aliphatic carboxylic acids is 1. The van der Waals surface area contributed by atoms with Crippen LogP contribution in [0.4, 0.5) is 17.1 Å². The van der Waals surface area contributed by atoms with E-state index in [1.807, 2.05) is 90.0 Å². The number of amidine groups is 1. The Morgan fingerprint density at radius 1 is 0.702 bits per heavy atom. The summed E-state index contributed by atoms with van der Waals surface area (Å²) in [6.07, 6.45) is 19.9. The predicted molar refractivity (Wildman–Crippen MR) is 191 cm³/mol. The minimum atomic E-state index is -0.903. The summed E-state index contributed by atoms with van der Waals surface area (Å²) in [4.78, 5) is 21.5. The van der Waals surface area contributed by atoms with Crippen molar-refractivity contribution in [2.24, 2.45) is 5.10 Å². The third kappa shape index (κ3) is 14.9. The summed E-state index contributed by atoms with van der Waals surface area (Å²) in [6, 6.07) is 27.7. The van der Waals surface area contributed by atoms with Crippen LogP contribution in [0, 0.1) is 0 Å². The Bertz CT molecular complexity index is 1320. The van der Waals surface area contributed by atoms with Gasteiger partial charge in [0.15, 0.2) is 5.69 Å². The van der Waals surface area contributed by atoms with Crippen LogP contribution < -0.4 is 26.1 Å². The molecule has 0 saturated heterocycles. The van der Waals surface area contributed by atoms with Crippen molar-refractivity contribution >= 4 is 34.8 Å². The van der Waals surface area contributed by atoms with Crippen molar-refractivity contribution in [3.05, 3.63) is 90.5 Å². The van der Waals surface area contributed by atoms with Crippen LogP contribution in [0.1, 0.15) is 122 Å². The maximum Gasteiger partial charge on any atom is 0.221 e. The van der Waals surface area contributed by atoms with E-state index in [2.05, 4.69) is 17.7 Å². The number of carboxylic acid groups (broad SMARTS) is 1. The van der Waals surface area contributed by atoms with Crippen molar-refractivity contribution < 1.29 is 19.8 Å². The molecular formula is C39H55N5O3. The molecule has 0 aromatic heterocycles. The molecule has 1 aliphatic rings. The number of nitrogens with zero attached hydrogens (tertiary/aromatic N) is 2. The van der Waals surface area contributed by atoms with Gasteiger partial charge in [-0.25, -0.2) is 5.43 Å². The van der Waals surface area contributed by atoms with E-state index in [9.17, 15) is 14.7 Å². The van der Waals surface area contributed by atoms with E-state index < -0.39 is 5.97 Å². The Hall–Kier alpha value is -4.17. The van der Waals surface area contributed by atoms with E-state index in [1.165, 1.54) is 90.4 Å². The van der Waals surface area contributed by atoms with E-state index >= 15 is 0 Å². The lowest BCUT2D eigenvalue weighted by Crippen LogP contribution is -3.10. The van der Waals surface area contributed by atoms with Crippen LogP contribution in [-0.4, -0.2) is 17.7 Å². The summed E-state index contributed by atoms with van der Waals surface area (Å²) in [5.74, 6) is -0.201. The predicted octanol–water partition coefficient (Wildman–Crippen LogP) is 7.46. The van der Waals surface area contributed by atoms with E-state index in [1.54, 1.807) is 0 Å². The number of hydrazine groups is 1. The van der Waals surface area contributed by atoms with Gasteiger partial charge in [0, 0.05) is 36.3 Å². The molecular weight excluding hydrogens is 586 g/mol. The largest absolute Gasteiger partial charge is 0.550 e. The second kappa shape index (κ2) is 22.4. The smallest absolute Gasteiger partial charge is 0.221 e. The molecule has 0 aliphatic carbocycles. The van der Waals surface area contributed by atoms with Crippen molar-refractivity contribution in [3.8, 4) is 0 Å². The summed E-state index contributed by atoms with van der Waals surface area (Å²) in [6.45, 7) is 3.76. The number of anilines is 2. The fraction of sp³-hybridized carbons (Fsp3) is 0.462. The molecule has 1 unspecified atom stereocenters. The number of hydrogen-bond acceptors (Lipinski definition) is 6. The van der Waals surface area contributed by atoms with Crippen LogP contribution in [0.3, 0.4) is 0 Å². The molecule has 0 fully saturated rings. The molecule has 3 aromatic rings. The number of benzene rings is 3. The van der Waals surface area contributed by atoms with Crippen LogP contribution >= 0.6 is 0 Å². The van der Waals surface area contributed by atoms with Gasteiger partial charge in [-0.05, 0) is 42.2 Å². The molecule has 0 spiro atoms. The van der Waals surface area contributed by atoms with E-state index in [0.717, 1.165) is 46.4 Å². The quantitative estimate of drug-likeness (QED) is 0.111. The zero-order valence-corrected chi connectivity index (χ0v) is 28.5. The number of carbonyl (C=O) groups is 2. The Balaban J connectivity index is 0.000000270. The first-order valence-corrected chi connectivity index (χ1v) is 17.7. The normalized spacial score (nSPS) is 13.7. The minimum absolute atomic E-state index is 0.0896. The fourth-order valence-electron chi connectivity index (χ4n) is 5.57. The van der Waals surface area contributed by atoms with Crippen molar-refractivity contribution in [2.45, 2.75) is 117 Å². The lowest BCUT2D eigenvalue weighted by molar-refractivity contribution is -0.846. The second-order valence-corrected chi connectivity index (χ2v) is 12.3. The minimum Gasteiger partial charge on any atom is -0.550 e. The first kappa shape index (κ1) is 37.3. The lowest BCUT2D eigenvalue weighted by Gasteiger charge is -2.21. The maximum absolute atomic E-state index is 11.2. The summed E-state index contributed by atoms with van der Waals surface area (Å²) in [7, 11) is 0. The Labute approximate surface area is 282 Å². The molecule has 0 saturated carbocycles. The summed E-state index contributed by atoms with van der Waals surface area (Å²) >= 11 is 0. The number of rotatable bonds is 20. The highest BCUT2D eigenvalue weighted by atomic mass is 16.4. The average molecular weight is 642 g/mol. The van der Waals surface area contributed by atoms with Crippen molar-refractivity contribution in [1.29, 1.82) is 0 Å². The van der Waals surface area contributed by atoms with Gasteiger partial charge in [-0.1, -0.05) is 156 Å².